The predicted octanol–water partition coefficient (Wildman–Crippen LogP) is 2.35. The summed E-state index contributed by atoms with van der Waals surface area (Å²) in [7, 11) is 0. The SMILES string of the molecule is CCCN(C1CCNCC1)C1CCCCCC1=O. The van der Waals surface area contributed by atoms with Crippen molar-refractivity contribution in [2.45, 2.75) is 70.4 Å². The second-order valence-corrected chi connectivity index (χ2v) is 5.80. The van der Waals surface area contributed by atoms with E-state index in [1.807, 2.05) is 0 Å². The van der Waals surface area contributed by atoms with Crippen molar-refractivity contribution in [2.75, 3.05) is 19.6 Å². The number of hydrogen-bond donors (Lipinski definition) is 1. The topological polar surface area (TPSA) is 32.3 Å². The Morgan fingerprint density at radius 2 is 1.94 bits per heavy atom. The van der Waals surface area contributed by atoms with Gasteiger partial charge in [-0.05, 0) is 51.7 Å². The van der Waals surface area contributed by atoms with Gasteiger partial charge in [0.05, 0.1) is 6.04 Å². The molecule has 1 saturated carbocycles. The van der Waals surface area contributed by atoms with Crippen LogP contribution in [0.3, 0.4) is 0 Å². The van der Waals surface area contributed by atoms with Crippen LogP contribution in [0.15, 0.2) is 0 Å². The molecule has 0 bridgehead atoms. The molecule has 1 heterocycles. The number of rotatable bonds is 4. The summed E-state index contributed by atoms with van der Waals surface area (Å²) in [5.74, 6) is 0.513. The average molecular weight is 252 g/mol. The summed E-state index contributed by atoms with van der Waals surface area (Å²) in [6.07, 6.45) is 9.09. The molecule has 1 atom stereocenters. The first-order valence-corrected chi connectivity index (χ1v) is 7.82. The standard InChI is InChI=1S/C15H28N2O/c1-2-12-17(13-8-10-16-11-9-13)14-6-4-3-5-7-15(14)18/h13-14,16H,2-12H2,1H3. The normalized spacial score (nSPS) is 27.4. The Labute approximate surface area is 111 Å². The third-order valence-electron chi connectivity index (χ3n) is 4.43. The molecule has 1 aliphatic heterocycles. The van der Waals surface area contributed by atoms with Gasteiger partial charge < -0.3 is 5.32 Å². The molecule has 2 aliphatic rings. The zero-order valence-electron chi connectivity index (χ0n) is 11.8. The number of nitrogens with zero attached hydrogens (tertiary/aromatic N) is 1. The van der Waals surface area contributed by atoms with Crippen LogP contribution in [0.5, 0.6) is 0 Å². The fraction of sp³-hybridized carbons (Fsp3) is 0.933. The lowest BCUT2D eigenvalue weighted by atomic mass is 9.98. The fourth-order valence-corrected chi connectivity index (χ4v) is 3.48. The minimum absolute atomic E-state index is 0.232. The van der Waals surface area contributed by atoms with Crippen LogP contribution in [0.4, 0.5) is 0 Å². The molecule has 18 heavy (non-hydrogen) atoms. The Morgan fingerprint density at radius 3 is 2.67 bits per heavy atom. The van der Waals surface area contributed by atoms with E-state index in [1.54, 1.807) is 0 Å². The van der Waals surface area contributed by atoms with E-state index in [9.17, 15) is 4.79 Å². The second-order valence-electron chi connectivity index (χ2n) is 5.80. The third-order valence-corrected chi connectivity index (χ3v) is 4.43. The van der Waals surface area contributed by atoms with Gasteiger partial charge in [0.2, 0.25) is 0 Å². The van der Waals surface area contributed by atoms with Crippen LogP contribution < -0.4 is 5.32 Å². The number of piperidine rings is 1. The predicted molar refractivity (Wildman–Crippen MR) is 74.8 cm³/mol. The van der Waals surface area contributed by atoms with Crippen molar-refractivity contribution in [3.63, 3.8) is 0 Å². The maximum absolute atomic E-state index is 12.3. The molecule has 0 spiro atoms. The molecule has 3 nitrogen and oxygen atoms in total. The Kier molecular flexibility index (Phi) is 5.64. The second kappa shape index (κ2) is 7.25. The first kappa shape index (κ1) is 14.0. The van der Waals surface area contributed by atoms with E-state index in [1.165, 1.54) is 25.7 Å². The lowest BCUT2D eigenvalue weighted by molar-refractivity contribution is -0.125. The summed E-state index contributed by atoms with van der Waals surface area (Å²) in [5, 5.41) is 3.43. The first-order valence-electron chi connectivity index (χ1n) is 7.82. The van der Waals surface area contributed by atoms with E-state index in [4.69, 9.17) is 0 Å². The smallest absolute Gasteiger partial charge is 0.149 e. The van der Waals surface area contributed by atoms with E-state index >= 15 is 0 Å². The quantitative estimate of drug-likeness (QED) is 0.780. The first-order chi connectivity index (χ1) is 8.83. The maximum atomic E-state index is 12.3. The Balaban J connectivity index is 2.03. The minimum Gasteiger partial charge on any atom is -0.317 e. The molecule has 0 radical (unpaired) electrons. The zero-order valence-corrected chi connectivity index (χ0v) is 11.8. The van der Waals surface area contributed by atoms with E-state index in [0.29, 0.717) is 11.8 Å². The van der Waals surface area contributed by atoms with Crippen LogP contribution in [0.25, 0.3) is 0 Å². The van der Waals surface area contributed by atoms with Gasteiger partial charge in [-0.15, -0.1) is 0 Å². The van der Waals surface area contributed by atoms with Crippen LogP contribution in [-0.4, -0.2) is 42.4 Å². The highest BCUT2D eigenvalue weighted by Gasteiger charge is 2.31. The van der Waals surface area contributed by atoms with Crippen LogP contribution in [0, 0.1) is 0 Å². The highest BCUT2D eigenvalue weighted by atomic mass is 16.1. The van der Waals surface area contributed by atoms with E-state index < -0.39 is 0 Å². The monoisotopic (exact) mass is 252 g/mol. The van der Waals surface area contributed by atoms with Crippen LogP contribution in [-0.2, 0) is 4.79 Å². The van der Waals surface area contributed by atoms with Gasteiger partial charge in [0, 0.05) is 12.5 Å². The highest BCUT2D eigenvalue weighted by Crippen LogP contribution is 2.24. The summed E-state index contributed by atoms with van der Waals surface area (Å²) >= 11 is 0. The molecule has 104 valence electrons. The number of carbonyl (C=O) groups excluding carboxylic acids is 1. The number of hydrogen-bond acceptors (Lipinski definition) is 3. The molecule has 1 saturated heterocycles. The van der Waals surface area contributed by atoms with Gasteiger partial charge in [0.15, 0.2) is 0 Å². The number of ketones is 1. The van der Waals surface area contributed by atoms with Crippen molar-refractivity contribution >= 4 is 5.78 Å². The van der Waals surface area contributed by atoms with E-state index in [-0.39, 0.29) is 6.04 Å². The molecule has 0 aromatic rings. The maximum Gasteiger partial charge on any atom is 0.149 e. The lowest BCUT2D eigenvalue weighted by Gasteiger charge is -2.39. The number of carbonyl (C=O) groups is 1. The summed E-state index contributed by atoms with van der Waals surface area (Å²) in [6, 6.07) is 0.869. The molecule has 1 aliphatic carbocycles. The highest BCUT2D eigenvalue weighted by molar-refractivity contribution is 5.84. The molecular formula is C15H28N2O. The molecule has 1 N–H and O–H groups in total. The molecule has 0 aromatic heterocycles. The summed E-state index contributed by atoms with van der Waals surface area (Å²) in [5.41, 5.74) is 0. The minimum atomic E-state index is 0.232. The largest absolute Gasteiger partial charge is 0.317 e. The number of nitrogens with one attached hydrogen (secondary N) is 1. The van der Waals surface area contributed by atoms with Gasteiger partial charge in [-0.3, -0.25) is 9.69 Å². The van der Waals surface area contributed by atoms with Crippen LogP contribution in [0.1, 0.15) is 58.3 Å². The molecule has 1 unspecified atom stereocenters. The average Bonchev–Trinajstić information content (AvgIpc) is 2.62. The Morgan fingerprint density at radius 1 is 1.17 bits per heavy atom. The Hall–Kier alpha value is -0.410. The van der Waals surface area contributed by atoms with E-state index in [2.05, 4.69) is 17.1 Å². The van der Waals surface area contributed by atoms with Gasteiger partial charge in [-0.1, -0.05) is 19.8 Å². The Bertz CT molecular complexity index is 261. The van der Waals surface area contributed by atoms with Crippen molar-refractivity contribution in [1.29, 1.82) is 0 Å². The number of Topliss-reactive ketones (excluding diaryl/α,β-unsaturated/α-hetero) is 1. The van der Waals surface area contributed by atoms with Gasteiger partial charge in [0.1, 0.15) is 5.78 Å². The molecular weight excluding hydrogens is 224 g/mol. The summed E-state index contributed by atoms with van der Waals surface area (Å²) in [4.78, 5) is 14.9. The zero-order chi connectivity index (χ0) is 12.8. The van der Waals surface area contributed by atoms with Crippen molar-refractivity contribution < 1.29 is 4.79 Å². The third kappa shape index (κ3) is 3.55. The van der Waals surface area contributed by atoms with Crippen LogP contribution in [0.2, 0.25) is 0 Å². The molecule has 2 rings (SSSR count). The molecule has 0 aromatic carbocycles. The van der Waals surface area contributed by atoms with Crippen molar-refractivity contribution in [1.82, 2.24) is 10.2 Å². The fourth-order valence-electron chi connectivity index (χ4n) is 3.48. The van der Waals surface area contributed by atoms with Crippen molar-refractivity contribution in [3.8, 4) is 0 Å². The van der Waals surface area contributed by atoms with Crippen molar-refractivity contribution in [2.24, 2.45) is 0 Å². The molecule has 2 fully saturated rings. The van der Waals surface area contributed by atoms with Gasteiger partial charge in [0.25, 0.3) is 0 Å². The van der Waals surface area contributed by atoms with Crippen LogP contribution >= 0.6 is 0 Å². The summed E-state index contributed by atoms with van der Waals surface area (Å²) < 4.78 is 0. The summed E-state index contributed by atoms with van der Waals surface area (Å²) in [6.45, 7) is 5.56. The molecule has 0 amide bonds. The van der Waals surface area contributed by atoms with Gasteiger partial charge in [-0.2, -0.15) is 0 Å². The molecule has 3 heteroatoms. The van der Waals surface area contributed by atoms with E-state index in [0.717, 1.165) is 45.3 Å². The van der Waals surface area contributed by atoms with Gasteiger partial charge in [-0.25, -0.2) is 0 Å². The van der Waals surface area contributed by atoms with Gasteiger partial charge >= 0.3 is 0 Å². The van der Waals surface area contributed by atoms with Crippen molar-refractivity contribution in [3.05, 3.63) is 0 Å². The lowest BCUT2D eigenvalue weighted by Crippen LogP contribution is -2.51.